The molecule has 0 spiro atoms. The molecule has 2 rings (SSSR count). The number of nitrogens with one attached hydrogen (secondary N) is 1. The predicted molar refractivity (Wildman–Crippen MR) is 83.0 cm³/mol. The monoisotopic (exact) mass is 266 g/mol. The van der Waals surface area contributed by atoms with Gasteiger partial charge < -0.3 is 0 Å². The SMILES string of the molecule is CCCCCCC(CCC)C1CCC2CCCN2N1. The van der Waals surface area contributed by atoms with E-state index in [1.807, 2.05) is 0 Å². The molecule has 0 bridgehead atoms. The molecule has 0 saturated carbocycles. The molecule has 0 amide bonds. The summed E-state index contributed by atoms with van der Waals surface area (Å²) in [5, 5.41) is 2.57. The lowest BCUT2D eigenvalue weighted by Gasteiger charge is -2.40. The Morgan fingerprint density at radius 2 is 1.89 bits per heavy atom. The second-order valence-corrected chi connectivity index (χ2v) is 6.70. The van der Waals surface area contributed by atoms with E-state index in [2.05, 4.69) is 24.3 Å². The number of unbranched alkanes of at least 4 members (excludes halogenated alkanes) is 3. The molecule has 2 aliphatic heterocycles. The van der Waals surface area contributed by atoms with E-state index in [0.717, 1.165) is 18.0 Å². The molecule has 2 nitrogen and oxygen atoms in total. The van der Waals surface area contributed by atoms with E-state index in [1.54, 1.807) is 0 Å². The second kappa shape index (κ2) is 8.26. The van der Waals surface area contributed by atoms with Gasteiger partial charge in [-0.1, -0.05) is 46.0 Å². The molecule has 2 heterocycles. The molecule has 0 radical (unpaired) electrons. The minimum atomic E-state index is 0.774. The molecule has 0 aromatic rings. The number of hydrogen-bond acceptors (Lipinski definition) is 2. The molecule has 0 aromatic heterocycles. The molecular weight excluding hydrogens is 232 g/mol. The lowest BCUT2D eigenvalue weighted by molar-refractivity contribution is 0.0594. The summed E-state index contributed by atoms with van der Waals surface area (Å²) in [6.07, 6.45) is 15.6. The van der Waals surface area contributed by atoms with Crippen LogP contribution < -0.4 is 5.43 Å². The van der Waals surface area contributed by atoms with E-state index in [9.17, 15) is 0 Å². The van der Waals surface area contributed by atoms with Gasteiger partial charge in [0.1, 0.15) is 0 Å². The standard InChI is InChI=1S/C17H34N2/c1-3-5-6-7-10-15(9-4-2)17-13-12-16-11-8-14-19(16)18-17/h15-18H,3-14H2,1-2H3. The zero-order valence-corrected chi connectivity index (χ0v) is 13.2. The molecule has 19 heavy (non-hydrogen) atoms. The van der Waals surface area contributed by atoms with Gasteiger partial charge in [-0.15, -0.1) is 0 Å². The van der Waals surface area contributed by atoms with Crippen LogP contribution in [0.2, 0.25) is 0 Å². The van der Waals surface area contributed by atoms with E-state index < -0.39 is 0 Å². The van der Waals surface area contributed by atoms with Gasteiger partial charge in [0, 0.05) is 18.6 Å². The molecule has 3 unspecified atom stereocenters. The molecule has 3 atom stereocenters. The summed E-state index contributed by atoms with van der Waals surface area (Å²) in [5.74, 6) is 0.920. The van der Waals surface area contributed by atoms with Crippen LogP contribution in [0, 0.1) is 5.92 Å². The van der Waals surface area contributed by atoms with Gasteiger partial charge in [0.2, 0.25) is 0 Å². The zero-order chi connectivity index (χ0) is 13.5. The fourth-order valence-corrected chi connectivity index (χ4v) is 4.05. The Morgan fingerprint density at radius 3 is 2.68 bits per heavy atom. The smallest absolute Gasteiger partial charge is 0.0244 e. The van der Waals surface area contributed by atoms with E-state index in [4.69, 9.17) is 0 Å². The largest absolute Gasteiger partial charge is 0.252 e. The van der Waals surface area contributed by atoms with Gasteiger partial charge in [0.25, 0.3) is 0 Å². The number of hydrazine groups is 1. The highest BCUT2D eigenvalue weighted by molar-refractivity contribution is 4.87. The average molecular weight is 266 g/mol. The maximum Gasteiger partial charge on any atom is 0.0244 e. The van der Waals surface area contributed by atoms with Crippen LogP contribution in [-0.4, -0.2) is 23.6 Å². The molecule has 1 N–H and O–H groups in total. The summed E-state index contributed by atoms with van der Waals surface area (Å²) in [5.41, 5.74) is 3.87. The molecule has 2 heteroatoms. The number of rotatable bonds is 8. The first-order valence-corrected chi connectivity index (χ1v) is 8.88. The molecular formula is C17H34N2. The second-order valence-electron chi connectivity index (χ2n) is 6.70. The summed E-state index contributed by atoms with van der Waals surface area (Å²) in [6, 6.07) is 1.63. The fraction of sp³-hybridized carbons (Fsp3) is 1.00. The van der Waals surface area contributed by atoms with Crippen LogP contribution in [0.5, 0.6) is 0 Å². The van der Waals surface area contributed by atoms with Gasteiger partial charge in [-0.05, 0) is 44.4 Å². The Bertz CT molecular complexity index is 241. The molecule has 2 fully saturated rings. The van der Waals surface area contributed by atoms with Crippen molar-refractivity contribution >= 4 is 0 Å². The topological polar surface area (TPSA) is 15.3 Å². The Balaban J connectivity index is 1.77. The van der Waals surface area contributed by atoms with Gasteiger partial charge in [-0.25, -0.2) is 5.01 Å². The molecule has 2 saturated heterocycles. The Morgan fingerprint density at radius 1 is 1.00 bits per heavy atom. The van der Waals surface area contributed by atoms with Crippen LogP contribution in [0.3, 0.4) is 0 Å². The third-order valence-corrected chi connectivity index (χ3v) is 5.18. The highest BCUT2D eigenvalue weighted by atomic mass is 15.5. The predicted octanol–water partition coefficient (Wildman–Crippen LogP) is 4.50. The van der Waals surface area contributed by atoms with Crippen LogP contribution in [0.25, 0.3) is 0 Å². The lowest BCUT2D eigenvalue weighted by atomic mass is 9.85. The number of fused-ring (bicyclic) bond motifs is 1. The first-order valence-electron chi connectivity index (χ1n) is 8.88. The molecule has 2 aliphatic rings. The minimum absolute atomic E-state index is 0.774. The van der Waals surface area contributed by atoms with Crippen molar-refractivity contribution in [2.24, 2.45) is 5.92 Å². The third-order valence-electron chi connectivity index (χ3n) is 5.18. The van der Waals surface area contributed by atoms with Gasteiger partial charge >= 0.3 is 0 Å². The maximum atomic E-state index is 3.87. The summed E-state index contributed by atoms with van der Waals surface area (Å²) >= 11 is 0. The van der Waals surface area contributed by atoms with Crippen molar-refractivity contribution in [3.05, 3.63) is 0 Å². The zero-order valence-electron chi connectivity index (χ0n) is 13.2. The average Bonchev–Trinajstić information content (AvgIpc) is 2.89. The van der Waals surface area contributed by atoms with Gasteiger partial charge in [-0.3, -0.25) is 5.43 Å². The van der Waals surface area contributed by atoms with Crippen LogP contribution in [0.1, 0.15) is 84.5 Å². The summed E-state index contributed by atoms with van der Waals surface area (Å²) < 4.78 is 0. The van der Waals surface area contributed by atoms with E-state index >= 15 is 0 Å². The van der Waals surface area contributed by atoms with Crippen molar-refractivity contribution < 1.29 is 0 Å². The molecule has 0 aromatic carbocycles. The normalized spacial score (nSPS) is 29.4. The van der Waals surface area contributed by atoms with Crippen LogP contribution in [0.15, 0.2) is 0 Å². The van der Waals surface area contributed by atoms with E-state index in [-0.39, 0.29) is 0 Å². The maximum absolute atomic E-state index is 3.87. The summed E-state index contributed by atoms with van der Waals surface area (Å²) in [6.45, 7) is 5.94. The Hall–Kier alpha value is -0.0800. The van der Waals surface area contributed by atoms with Crippen molar-refractivity contribution in [1.29, 1.82) is 0 Å². The fourth-order valence-electron chi connectivity index (χ4n) is 4.05. The van der Waals surface area contributed by atoms with Gasteiger partial charge in [-0.2, -0.15) is 0 Å². The van der Waals surface area contributed by atoms with Gasteiger partial charge in [0.05, 0.1) is 0 Å². The molecule has 112 valence electrons. The minimum Gasteiger partial charge on any atom is -0.252 e. The van der Waals surface area contributed by atoms with Crippen LogP contribution >= 0.6 is 0 Å². The first-order chi connectivity index (χ1) is 9.35. The van der Waals surface area contributed by atoms with Crippen molar-refractivity contribution in [3.63, 3.8) is 0 Å². The highest BCUT2D eigenvalue weighted by Crippen LogP contribution is 2.30. The quantitative estimate of drug-likeness (QED) is 0.651. The van der Waals surface area contributed by atoms with Crippen LogP contribution in [0.4, 0.5) is 0 Å². The number of hydrogen-bond donors (Lipinski definition) is 1. The third kappa shape index (κ3) is 4.46. The van der Waals surface area contributed by atoms with Crippen molar-refractivity contribution in [2.75, 3.05) is 6.54 Å². The summed E-state index contributed by atoms with van der Waals surface area (Å²) in [7, 11) is 0. The molecule has 0 aliphatic carbocycles. The van der Waals surface area contributed by atoms with E-state index in [0.29, 0.717) is 0 Å². The van der Waals surface area contributed by atoms with Crippen molar-refractivity contribution in [3.8, 4) is 0 Å². The highest BCUT2D eigenvalue weighted by Gasteiger charge is 2.33. The van der Waals surface area contributed by atoms with Crippen LogP contribution in [-0.2, 0) is 0 Å². The summed E-state index contributed by atoms with van der Waals surface area (Å²) in [4.78, 5) is 0. The van der Waals surface area contributed by atoms with Crippen molar-refractivity contribution in [1.82, 2.24) is 10.4 Å². The van der Waals surface area contributed by atoms with E-state index in [1.165, 1.54) is 77.2 Å². The Kier molecular flexibility index (Phi) is 6.66. The first kappa shape index (κ1) is 15.3. The lowest BCUT2D eigenvalue weighted by Crippen LogP contribution is -2.54. The number of nitrogens with zero attached hydrogens (tertiary/aromatic N) is 1. The Labute approximate surface area is 120 Å². The van der Waals surface area contributed by atoms with Crippen molar-refractivity contribution in [2.45, 2.75) is 96.6 Å². The van der Waals surface area contributed by atoms with Gasteiger partial charge in [0.15, 0.2) is 0 Å².